The molecule has 1 fully saturated rings. The maximum atomic E-state index is 12.3. The highest BCUT2D eigenvalue weighted by Crippen LogP contribution is 2.27. The van der Waals surface area contributed by atoms with Crippen molar-refractivity contribution in [1.82, 2.24) is 4.90 Å². The van der Waals surface area contributed by atoms with Crippen molar-refractivity contribution in [2.24, 2.45) is 5.92 Å². The Balaban J connectivity index is 1.91. The van der Waals surface area contributed by atoms with Gasteiger partial charge in [-0.15, -0.1) is 0 Å². The lowest BCUT2D eigenvalue weighted by Crippen LogP contribution is -2.36. The Bertz CT molecular complexity index is 400. The highest BCUT2D eigenvalue weighted by Gasteiger charge is 2.30. The van der Waals surface area contributed by atoms with Crippen molar-refractivity contribution >= 4 is 5.78 Å². The number of benzene rings is 1. The Kier molecular flexibility index (Phi) is 5.11. The monoisotopic (exact) mass is 261 g/mol. The third-order valence-corrected chi connectivity index (χ3v) is 3.66. The van der Waals surface area contributed by atoms with Crippen molar-refractivity contribution in [3.8, 4) is 0 Å². The second-order valence-electron chi connectivity index (χ2n) is 5.35. The molecule has 0 heterocycles. The van der Waals surface area contributed by atoms with Crippen molar-refractivity contribution in [3.63, 3.8) is 0 Å². The third kappa shape index (κ3) is 4.15. The Labute approximate surface area is 115 Å². The van der Waals surface area contributed by atoms with Gasteiger partial charge in [0.15, 0.2) is 5.78 Å². The average molecular weight is 261 g/mol. The van der Waals surface area contributed by atoms with Gasteiger partial charge in [0.2, 0.25) is 0 Å². The van der Waals surface area contributed by atoms with E-state index < -0.39 is 0 Å². The highest BCUT2D eigenvalue weighted by atomic mass is 16.5. The first-order valence-electron chi connectivity index (χ1n) is 7.04. The van der Waals surface area contributed by atoms with E-state index >= 15 is 0 Å². The number of ether oxygens (including phenoxy) is 1. The number of rotatable bonds is 8. The van der Waals surface area contributed by atoms with Crippen LogP contribution in [0, 0.1) is 5.92 Å². The van der Waals surface area contributed by atoms with Crippen LogP contribution in [0.25, 0.3) is 0 Å². The number of ketones is 1. The molecular formula is C16H23NO2. The summed E-state index contributed by atoms with van der Waals surface area (Å²) in [6, 6.07) is 10.2. The second-order valence-corrected chi connectivity index (χ2v) is 5.35. The summed E-state index contributed by atoms with van der Waals surface area (Å²) >= 11 is 0. The molecule has 1 aliphatic carbocycles. The molecule has 0 aromatic heterocycles. The fraction of sp³-hybridized carbons (Fsp3) is 0.562. The molecule has 1 aromatic rings. The van der Waals surface area contributed by atoms with Crippen molar-refractivity contribution < 1.29 is 9.53 Å². The van der Waals surface area contributed by atoms with Gasteiger partial charge in [0.1, 0.15) is 0 Å². The molecule has 1 aromatic carbocycles. The summed E-state index contributed by atoms with van der Waals surface area (Å²) in [5.41, 5.74) is 0.817. The van der Waals surface area contributed by atoms with E-state index in [1.165, 1.54) is 12.8 Å². The average Bonchev–Trinajstić information content (AvgIpc) is 3.28. The molecule has 3 nitrogen and oxygen atoms in total. The smallest absolute Gasteiger partial charge is 0.166 e. The van der Waals surface area contributed by atoms with Crippen molar-refractivity contribution in [2.45, 2.75) is 25.8 Å². The van der Waals surface area contributed by atoms with E-state index in [0.29, 0.717) is 6.04 Å². The predicted molar refractivity (Wildman–Crippen MR) is 76.4 cm³/mol. The number of carbonyl (C=O) groups is 1. The molecule has 0 amide bonds. The molecule has 1 saturated carbocycles. The minimum atomic E-state index is 0.0415. The molecule has 19 heavy (non-hydrogen) atoms. The third-order valence-electron chi connectivity index (χ3n) is 3.66. The lowest BCUT2D eigenvalue weighted by molar-refractivity contribution is 0.0861. The van der Waals surface area contributed by atoms with Crippen LogP contribution in [0.1, 0.15) is 30.1 Å². The fourth-order valence-electron chi connectivity index (χ4n) is 2.39. The summed E-state index contributed by atoms with van der Waals surface area (Å²) < 4.78 is 5.15. The van der Waals surface area contributed by atoms with Crippen LogP contribution in [0.4, 0.5) is 0 Å². The van der Waals surface area contributed by atoms with Crippen molar-refractivity contribution in [3.05, 3.63) is 35.9 Å². The lowest BCUT2D eigenvalue weighted by Gasteiger charge is -2.24. The fourth-order valence-corrected chi connectivity index (χ4v) is 2.39. The van der Waals surface area contributed by atoms with E-state index in [4.69, 9.17) is 4.74 Å². The predicted octanol–water partition coefficient (Wildman–Crippen LogP) is 2.62. The largest absolute Gasteiger partial charge is 0.383 e. The quantitative estimate of drug-likeness (QED) is 0.674. The van der Waals surface area contributed by atoms with E-state index in [-0.39, 0.29) is 11.7 Å². The molecule has 2 rings (SSSR count). The molecule has 104 valence electrons. The van der Waals surface area contributed by atoms with Gasteiger partial charge in [-0.3, -0.25) is 9.69 Å². The first-order chi connectivity index (χ1) is 9.22. The van der Waals surface area contributed by atoms with E-state index in [1.54, 1.807) is 7.11 Å². The first kappa shape index (κ1) is 14.2. The van der Waals surface area contributed by atoms with Crippen LogP contribution in [0.2, 0.25) is 0 Å². The van der Waals surface area contributed by atoms with Crippen molar-refractivity contribution in [1.29, 1.82) is 0 Å². The van der Waals surface area contributed by atoms with Crippen LogP contribution in [0.5, 0.6) is 0 Å². The van der Waals surface area contributed by atoms with Gasteiger partial charge in [-0.25, -0.2) is 0 Å². The highest BCUT2D eigenvalue weighted by molar-refractivity contribution is 5.97. The van der Waals surface area contributed by atoms with Crippen LogP contribution >= 0.6 is 0 Å². The summed E-state index contributed by atoms with van der Waals surface area (Å²) in [5, 5.41) is 0. The van der Waals surface area contributed by atoms with Gasteiger partial charge < -0.3 is 4.74 Å². The van der Waals surface area contributed by atoms with Crippen LogP contribution in [0.3, 0.4) is 0 Å². The molecule has 0 saturated heterocycles. The van der Waals surface area contributed by atoms with Crippen molar-refractivity contribution in [2.75, 3.05) is 26.8 Å². The molecule has 1 aliphatic rings. The van der Waals surface area contributed by atoms with Crippen LogP contribution in [-0.2, 0) is 4.74 Å². The Morgan fingerprint density at radius 1 is 1.37 bits per heavy atom. The van der Waals surface area contributed by atoms with Gasteiger partial charge in [0.05, 0.1) is 6.61 Å². The SMILES string of the molecule is COCCN(CC(C)C(=O)c1ccccc1)C1CC1. The summed E-state index contributed by atoms with van der Waals surface area (Å²) in [7, 11) is 1.73. The topological polar surface area (TPSA) is 29.5 Å². The minimum absolute atomic E-state index is 0.0415. The maximum absolute atomic E-state index is 12.3. The number of hydrogen-bond donors (Lipinski definition) is 0. The Hall–Kier alpha value is -1.19. The van der Waals surface area contributed by atoms with Gasteiger partial charge in [-0.1, -0.05) is 37.3 Å². The molecule has 3 heteroatoms. The molecule has 0 spiro atoms. The summed E-state index contributed by atoms with van der Waals surface area (Å²) in [6.07, 6.45) is 2.52. The standard InChI is InChI=1S/C16H23NO2/c1-13(16(18)14-6-4-3-5-7-14)12-17(10-11-19-2)15-8-9-15/h3-7,13,15H,8-12H2,1-2H3. The summed E-state index contributed by atoms with van der Waals surface area (Å²) in [5.74, 6) is 0.281. The molecule has 1 atom stereocenters. The molecule has 1 unspecified atom stereocenters. The Morgan fingerprint density at radius 2 is 2.05 bits per heavy atom. The zero-order valence-corrected chi connectivity index (χ0v) is 11.8. The normalized spacial score (nSPS) is 16.6. The first-order valence-corrected chi connectivity index (χ1v) is 7.04. The molecular weight excluding hydrogens is 238 g/mol. The summed E-state index contributed by atoms with van der Waals surface area (Å²) in [6.45, 7) is 4.52. The van der Waals surface area contributed by atoms with Gasteiger partial charge in [-0.2, -0.15) is 0 Å². The van der Waals surface area contributed by atoms with Crippen LogP contribution in [-0.4, -0.2) is 43.5 Å². The maximum Gasteiger partial charge on any atom is 0.166 e. The number of carbonyl (C=O) groups excluding carboxylic acids is 1. The van der Waals surface area contributed by atoms with E-state index in [9.17, 15) is 4.79 Å². The summed E-state index contributed by atoms with van der Waals surface area (Å²) in [4.78, 5) is 14.7. The van der Waals surface area contributed by atoms with Gasteiger partial charge in [0.25, 0.3) is 0 Å². The van der Waals surface area contributed by atoms with Crippen LogP contribution in [0.15, 0.2) is 30.3 Å². The molecule has 0 radical (unpaired) electrons. The van der Waals surface area contributed by atoms with Gasteiger partial charge in [-0.05, 0) is 12.8 Å². The number of Topliss-reactive ketones (excluding diaryl/α,β-unsaturated/α-hetero) is 1. The molecule has 0 N–H and O–H groups in total. The number of nitrogens with zero attached hydrogens (tertiary/aromatic N) is 1. The number of methoxy groups -OCH3 is 1. The van der Waals surface area contributed by atoms with Crippen LogP contribution < -0.4 is 0 Å². The molecule has 0 bridgehead atoms. The zero-order chi connectivity index (χ0) is 13.7. The second kappa shape index (κ2) is 6.83. The lowest BCUT2D eigenvalue weighted by atomic mass is 9.99. The van der Waals surface area contributed by atoms with E-state index in [0.717, 1.165) is 25.3 Å². The zero-order valence-electron chi connectivity index (χ0n) is 11.8. The number of hydrogen-bond acceptors (Lipinski definition) is 3. The minimum Gasteiger partial charge on any atom is -0.383 e. The van der Waals surface area contributed by atoms with E-state index in [1.807, 2.05) is 37.3 Å². The van der Waals surface area contributed by atoms with Gasteiger partial charge in [0, 0.05) is 37.7 Å². The Morgan fingerprint density at radius 3 is 2.63 bits per heavy atom. The molecule has 0 aliphatic heterocycles. The van der Waals surface area contributed by atoms with E-state index in [2.05, 4.69) is 4.90 Å². The van der Waals surface area contributed by atoms with Gasteiger partial charge >= 0.3 is 0 Å².